The molecule has 0 amide bonds. The molecule has 24 heavy (non-hydrogen) atoms. The molecule has 0 saturated heterocycles. The Morgan fingerprint density at radius 3 is 1.75 bits per heavy atom. The van der Waals surface area contributed by atoms with E-state index < -0.39 is 13.3 Å². The van der Waals surface area contributed by atoms with Gasteiger partial charge in [0.2, 0.25) is 7.44 Å². The summed E-state index contributed by atoms with van der Waals surface area (Å²) in [5.41, 5.74) is 0.729. The molecule has 0 aromatic heterocycles. The van der Waals surface area contributed by atoms with Gasteiger partial charge in [0.1, 0.15) is 0 Å². The minimum absolute atomic E-state index is 0.249. The van der Waals surface area contributed by atoms with Crippen LogP contribution < -0.4 is 10.2 Å². The zero-order chi connectivity index (χ0) is 16.8. The summed E-state index contributed by atoms with van der Waals surface area (Å²) in [5.74, 6) is -0.984. The molecule has 5 heteroatoms. The SMILES string of the molecule is O=P(NC1CCCCC1)(NC1CCCCC1)C(O)c1ccccc1. The Morgan fingerprint density at radius 1 is 0.833 bits per heavy atom. The highest BCUT2D eigenvalue weighted by atomic mass is 31.2. The second kappa shape index (κ2) is 8.62. The van der Waals surface area contributed by atoms with E-state index in [-0.39, 0.29) is 12.1 Å². The molecule has 2 aliphatic rings. The van der Waals surface area contributed by atoms with Crippen LogP contribution >= 0.6 is 7.44 Å². The minimum Gasteiger partial charge on any atom is -0.378 e. The maximum Gasteiger partial charge on any atom is 0.244 e. The molecule has 0 heterocycles. The van der Waals surface area contributed by atoms with Crippen LogP contribution in [-0.2, 0) is 4.57 Å². The molecule has 0 radical (unpaired) electrons. The van der Waals surface area contributed by atoms with E-state index in [1.54, 1.807) is 0 Å². The molecule has 2 saturated carbocycles. The van der Waals surface area contributed by atoms with E-state index in [4.69, 9.17) is 0 Å². The van der Waals surface area contributed by atoms with Crippen molar-refractivity contribution in [3.8, 4) is 0 Å². The van der Waals surface area contributed by atoms with Gasteiger partial charge in [-0.3, -0.25) is 4.57 Å². The number of hydrogen-bond donors (Lipinski definition) is 3. The first-order chi connectivity index (χ1) is 11.7. The van der Waals surface area contributed by atoms with Crippen molar-refractivity contribution in [3.63, 3.8) is 0 Å². The molecule has 2 aliphatic carbocycles. The van der Waals surface area contributed by atoms with E-state index in [2.05, 4.69) is 10.2 Å². The quantitative estimate of drug-likeness (QED) is 0.650. The van der Waals surface area contributed by atoms with Crippen LogP contribution in [0.4, 0.5) is 0 Å². The standard InChI is InChI=1S/C19H31N2O2P/c22-19(16-10-4-1-5-11-16)24(23,20-17-12-6-2-7-13-17)21-18-14-8-3-9-15-18/h1,4-5,10-11,17-19,22H,2-3,6-9,12-15H2,(H2,20,21,23). The molecule has 3 rings (SSSR count). The lowest BCUT2D eigenvalue weighted by atomic mass is 9.96. The third-order valence-electron chi connectivity index (χ3n) is 5.40. The van der Waals surface area contributed by atoms with E-state index >= 15 is 0 Å². The molecule has 4 nitrogen and oxygen atoms in total. The van der Waals surface area contributed by atoms with E-state index in [1.165, 1.54) is 38.5 Å². The zero-order valence-electron chi connectivity index (χ0n) is 14.5. The molecule has 1 aromatic rings. The van der Waals surface area contributed by atoms with Crippen LogP contribution in [-0.4, -0.2) is 17.2 Å². The van der Waals surface area contributed by atoms with Gasteiger partial charge in [0, 0.05) is 12.1 Å². The summed E-state index contributed by atoms with van der Waals surface area (Å²) in [4.78, 5) is 0. The smallest absolute Gasteiger partial charge is 0.244 e. The average Bonchev–Trinajstić information content (AvgIpc) is 2.63. The maximum atomic E-state index is 13.8. The second-order valence-corrected chi connectivity index (χ2v) is 9.69. The summed E-state index contributed by atoms with van der Waals surface area (Å²) in [6.45, 7) is 0. The van der Waals surface area contributed by atoms with Crippen LogP contribution in [0.5, 0.6) is 0 Å². The van der Waals surface area contributed by atoms with Crippen molar-refractivity contribution in [1.29, 1.82) is 0 Å². The number of hydrogen-bond acceptors (Lipinski definition) is 2. The Balaban J connectivity index is 1.77. The van der Waals surface area contributed by atoms with Crippen LogP contribution in [0.2, 0.25) is 0 Å². The first kappa shape index (κ1) is 18.1. The van der Waals surface area contributed by atoms with Gasteiger partial charge >= 0.3 is 0 Å². The molecule has 0 spiro atoms. The maximum absolute atomic E-state index is 13.8. The van der Waals surface area contributed by atoms with Gasteiger partial charge in [0.25, 0.3) is 0 Å². The van der Waals surface area contributed by atoms with Crippen LogP contribution in [0.25, 0.3) is 0 Å². The Hall–Kier alpha value is -0.670. The molecular formula is C19H31N2O2P. The van der Waals surface area contributed by atoms with Gasteiger partial charge in [-0.2, -0.15) is 0 Å². The average molecular weight is 350 g/mol. The largest absolute Gasteiger partial charge is 0.378 e. The van der Waals surface area contributed by atoms with E-state index in [0.29, 0.717) is 0 Å². The lowest BCUT2D eigenvalue weighted by Crippen LogP contribution is -2.40. The van der Waals surface area contributed by atoms with Crippen molar-refractivity contribution in [2.24, 2.45) is 0 Å². The fourth-order valence-electron chi connectivity index (χ4n) is 4.02. The van der Waals surface area contributed by atoms with E-state index in [0.717, 1.165) is 31.2 Å². The topological polar surface area (TPSA) is 61.4 Å². The summed E-state index contributed by atoms with van der Waals surface area (Å²) < 4.78 is 13.8. The van der Waals surface area contributed by atoms with E-state index in [1.807, 2.05) is 30.3 Å². The third-order valence-corrected chi connectivity index (χ3v) is 7.89. The van der Waals surface area contributed by atoms with Crippen molar-refractivity contribution in [2.75, 3.05) is 0 Å². The van der Waals surface area contributed by atoms with Gasteiger partial charge in [0.15, 0.2) is 5.85 Å². The molecule has 0 bridgehead atoms. The van der Waals surface area contributed by atoms with Gasteiger partial charge in [-0.25, -0.2) is 10.2 Å². The van der Waals surface area contributed by atoms with Crippen molar-refractivity contribution < 1.29 is 9.67 Å². The molecule has 134 valence electrons. The van der Waals surface area contributed by atoms with Gasteiger partial charge < -0.3 is 5.11 Å². The Morgan fingerprint density at radius 2 is 1.29 bits per heavy atom. The molecule has 2 fully saturated rings. The fraction of sp³-hybridized carbons (Fsp3) is 0.684. The lowest BCUT2D eigenvalue weighted by molar-refractivity contribution is 0.241. The summed E-state index contributed by atoms with van der Waals surface area (Å²) in [5, 5.41) is 17.7. The minimum atomic E-state index is -3.11. The number of benzene rings is 1. The molecule has 3 N–H and O–H groups in total. The lowest BCUT2D eigenvalue weighted by Gasteiger charge is -2.35. The number of aliphatic hydroxyl groups excluding tert-OH is 1. The highest BCUT2D eigenvalue weighted by Crippen LogP contribution is 2.52. The van der Waals surface area contributed by atoms with Crippen LogP contribution in [0.15, 0.2) is 30.3 Å². The predicted molar refractivity (Wildman–Crippen MR) is 99.0 cm³/mol. The number of nitrogens with one attached hydrogen (secondary N) is 2. The predicted octanol–water partition coefficient (Wildman–Crippen LogP) is 4.72. The first-order valence-electron chi connectivity index (χ1n) is 9.56. The van der Waals surface area contributed by atoms with Crippen LogP contribution in [0.3, 0.4) is 0 Å². The van der Waals surface area contributed by atoms with Gasteiger partial charge in [-0.05, 0) is 31.2 Å². The molecular weight excluding hydrogens is 319 g/mol. The second-order valence-electron chi connectivity index (χ2n) is 7.37. The van der Waals surface area contributed by atoms with Crippen molar-refractivity contribution in [2.45, 2.75) is 82.1 Å². The monoisotopic (exact) mass is 350 g/mol. The van der Waals surface area contributed by atoms with Gasteiger partial charge in [-0.1, -0.05) is 68.9 Å². The van der Waals surface area contributed by atoms with Crippen molar-refractivity contribution >= 4 is 7.44 Å². The molecule has 1 unspecified atom stereocenters. The van der Waals surface area contributed by atoms with Gasteiger partial charge in [0.05, 0.1) is 0 Å². The number of rotatable bonds is 6. The highest BCUT2D eigenvalue weighted by Gasteiger charge is 2.37. The number of aliphatic hydroxyl groups is 1. The zero-order valence-corrected chi connectivity index (χ0v) is 15.4. The fourth-order valence-corrected chi connectivity index (χ4v) is 6.57. The van der Waals surface area contributed by atoms with Gasteiger partial charge in [-0.15, -0.1) is 0 Å². The van der Waals surface area contributed by atoms with Crippen molar-refractivity contribution in [1.82, 2.24) is 10.2 Å². The summed E-state index contributed by atoms with van der Waals surface area (Å²) in [6.07, 6.45) is 11.5. The molecule has 1 atom stereocenters. The van der Waals surface area contributed by atoms with Crippen LogP contribution in [0.1, 0.15) is 75.6 Å². The summed E-state index contributed by atoms with van der Waals surface area (Å²) in [6, 6.07) is 9.93. The Kier molecular flexibility index (Phi) is 6.51. The normalized spacial score (nSPS) is 22.4. The summed E-state index contributed by atoms with van der Waals surface area (Å²) >= 11 is 0. The van der Waals surface area contributed by atoms with Crippen molar-refractivity contribution in [3.05, 3.63) is 35.9 Å². The van der Waals surface area contributed by atoms with Crippen LogP contribution in [0, 0.1) is 0 Å². The molecule has 1 aromatic carbocycles. The molecule has 0 aliphatic heterocycles. The third kappa shape index (κ3) is 4.70. The first-order valence-corrected chi connectivity index (χ1v) is 11.3. The van der Waals surface area contributed by atoms with E-state index in [9.17, 15) is 9.67 Å². The Labute approximate surface area is 145 Å². The Bertz CT molecular complexity index is 516. The summed E-state index contributed by atoms with van der Waals surface area (Å²) in [7, 11) is -3.11. The highest BCUT2D eigenvalue weighted by molar-refractivity contribution is 7.60.